The Balaban J connectivity index is 2.74. The van der Waals surface area contributed by atoms with Crippen molar-refractivity contribution in [3.05, 3.63) is 0 Å². The summed E-state index contributed by atoms with van der Waals surface area (Å²) in [5.74, 6) is -0.835. The van der Waals surface area contributed by atoms with Crippen molar-refractivity contribution in [2.75, 3.05) is 0 Å². The van der Waals surface area contributed by atoms with Gasteiger partial charge in [0, 0.05) is 6.42 Å². The lowest BCUT2D eigenvalue weighted by atomic mass is 10.4. The summed E-state index contributed by atoms with van der Waals surface area (Å²) in [5, 5.41) is -0.577. The van der Waals surface area contributed by atoms with Crippen LogP contribution in [0.25, 0.3) is 0 Å². The minimum Gasteiger partial charge on any atom is -0.312 e. The molecule has 10 heavy (non-hydrogen) atoms. The third-order valence-electron chi connectivity index (χ3n) is 1.16. The van der Waals surface area contributed by atoms with Crippen LogP contribution in [0.4, 0.5) is 0 Å². The molecule has 1 N–H and O–H groups in total. The van der Waals surface area contributed by atoms with Crippen LogP contribution >= 0.6 is 24.9 Å². The zero-order chi connectivity index (χ0) is 7.72. The van der Waals surface area contributed by atoms with E-state index < -0.39 is 17.1 Å². The van der Waals surface area contributed by atoms with Gasteiger partial charge in [0.2, 0.25) is 5.91 Å². The van der Waals surface area contributed by atoms with Gasteiger partial charge >= 0.3 is 0 Å². The lowest BCUT2D eigenvalue weighted by molar-refractivity contribution is -0.131. The largest absolute Gasteiger partial charge is 0.312 e. The Kier molecular flexibility index (Phi) is 2.22. The molecule has 0 saturated carbocycles. The first-order chi connectivity index (χ1) is 4.66. The first-order valence-corrected chi connectivity index (χ1v) is 3.78. The number of hydrogen-bond acceptors (Lipinski definition) is 5. The normalized spacial score (nSPS) is 26.2. The number of carbonyl (C=O) groups excluding carboxylic acids is 2. The van der Waals surface area contributed by atoms with Crippen LogP contribution in [-0.2, 0) is 9.59 Å². The van der Waals surface area contributed by atoms with Crippen molar-refractivity contribution in [1.29, 1.82) is 0 Å². The first-order valence-electron chi connectivity index (χ1n) is 2.53. The molecule has 1 rings (SSSR count). The molecule has 2 amide bonds. The monoisotopic (exact) mass is 179 g/mol. The van der Waals surface area contributed by atoms with E-state index >= 15 is 0 Å². The van der Waals surface area contributed by atoms with Gasteiger partial charge in [-0.05, 0) is 0 Å². The Bertz CT molecular complexity index is 183. The zero-order valence-electron chi connectivity index (χ0n) is 4.85. The molecule has 0 spiro atoms. The second-order valence-corrected chi connectivity index (χ2v) is 2.98. The molecule has 0 aliphatic carbocycles. The second-order valence-electron chi connectivity index (χ2n) is 1.83. The van der Waals surface area contributed by atoms with Crippen molar-refractivity contribution in [2.24, 2.45) is 0 Å². The van der Waals surface area contributed by atoms with Crippen molar-refractivity contribution in [1.82, 2.24) is 4.31 Å². The van der Waals surface area contributed by atoms with Gasteiger partial charge in [-0.3, -0.25) is 9.59 Å². The van der Waals surface area contributed by atoms with Crippen molar-refractivity contribution in [3.8, 4) is 0 Å². The van der Waals surface area contributed by atoms with Gasteiger partial charge in [-0.25, -0.2) is 0 Å². The van der Waals surface area contributed by atoms with Gasteiger partial charge < -0.3 is 4.55 Å². The van der Waals surface area contributed by atoms with Crippen LogP contribution in [0.5, 0.6) is 0 Å². The molecule has 0 aromatic heterocycles. The van der Waals surface area contributed by atoms with Crippen LogP contribution in [0.15, 0.2) is 0 Å². The summed E-state index contributed by atoms with van der Waals surface area (Å²) in [6.45, 7) is 0. The van der Waals surface area contributed by atoms with Gasteiger partial charge in [0.25, 0.3) is 5.91 Å². The summed E-state index contributed by atoms with van der Waals surface area (Å²) in [7, 11) is 0. The summed E-state index contributed by atoms with van der Waals surface area (Å²) in [5.41, 5.74) is 0. The Morgan fingerprint density at radius 3 is 2.50 bits per heavy atom. The zero-order valence-corrected chi connectivity index (χ0v) is 6.56. The van der Waals surface area contributed by atoms with E-state index in [1.807, 2.05) is 0 Å². The van der Waals surface area contributed by atoms with Gasteiger partial charge in [0.05, 0.1) is 5.25 Å². The van der Waals surface area contributed by atoms with Crippen LogP contribution in [0.2, 0.25) is 0 Å². The molecule has 0 aromatic rings. The summed E-state index contributed by atoms with van der Waals surface area (Å²) in [6, 6.07) is 0. The van der Waals surface area contributed by atoms with Crippen LogP contribution < -0.4 is 0 Å². The topological polar surface area (TPSA) is 57.6 Å². The molecule has 4 nitrogen and oxygen atoms in total. The number of hydrogen-bond donors (Lipinski definition) is 2. The Morgan fingerprint density at radius 2 is 2.30 bits per heavy atom. The highest BCUT2D eigenvalue weighted by molar-refractivity contribution is 7.92. The fourth-order valence-corrected chi connectivity index (χ4v) is 1.40. The molecule has 1 aliphatic rings. The molecule has 56 valence electrons. The van der Waals surface area contributed by atoms with Crippen molar-refractivity contribution < 1.29 is 14.1 Å². The molecular formula is C4H5NO3S2. The lowest BCUT2D eigenvalue weighted by Crippen LogP contribution is -2.23. The summed E-state index contributed by atoms with van der Waals surface area (Å²) >= 11 is 3.96. The van der Waals surface area contributed by atoms with E-state index in [1.54, 1.807) is 0 Å². The van der Waals surface area contributed by atoms with Crippen LogP contribution in [-0.4, -0.2) is 25.9 Å². The third kappa shape index (κ3) is 1.14. The quantitative estimate of drug-likeness (QED) is 0.261. The van der Waals surface area contributed by atoms with Gasteiger partial charge in [0.1, 0.15) is 12.2 Å². The molecule has 0 aromatic carbocycles. The van der Waals surface area contributed by atoms with Crippen molar-refractivity contribution in [2.45, 2.75) is 11.7 Å². The predicted molar refractivity (Wildman–Crippen MR) is 39.5 cm³/mol. The van der Waals surface area contributed by atoms with E-state index in [9.17, 15) is 9.59 Å². The molecule has 6 heteroatoms. The second kappa shape index (κ2) is 2.81. The standard InChI is InChI=1S/C4H5NO3S2/c6-3-1-2(9)4(7)5(3)10-8/h2,8-9H,1H2. The average molecular weight is 179 g/mol. The van der Waals surface area contributed by atoms with Gasteiger partial charge in [0.15, 0.2) is 0 Å². The minimum absolute atomic E-state index is 0.0789. The van der Waals surface area contributed by atoms with E-state index in [0.717, 1.165) is 0 Å². The highest BCUT2D eigenvalue weighted by atomic mass is 32.2. The molecule has 1 atom stereocenters. The highest BCUT2D eigenvalue weighted by Gasteiger charge is 2.36. The number of rotatable bonds is 1. The Morgan fingerprint density at radius 1 is 1.70 bits per heavy atom. The summed E-state index contributed by atoms with van der Waals surface area (Å²) in [4.78, 5) is 21.5. The smallest absolute Gasteiger partial charge is 0.254 e. The molecule has 0 radical (unpaired) electrons. The van der Waals surface area contributed by atoms with Crippen molar-refractivity contribution >= 4 is 36.7 Å². The fraction of sp³-hybridized carbons (Fsp3) is 0.500. The molecular weight excluding hydrogens is 174 g/mol. The molecule has 1 unspecified atom stereocenters. The number of carbonyl (C=O) groups is 2. The minimum atomic E-state index is -0.577. The molecule has 1 aliphatic heterocycles. The van der Waals surface area contributed by atoms with Crippen LogP contribution in [0.3, 0.4) is 0 Å². The van der Waals surface area contributed by atoms with Crippen molar-refractivity contribution in [3.63, 3.8) is 0 Å². The molecule has 1 fully saturated rings. The number of imide groups is 1. The van der Waals surface area contributed by atoms with Gasteiger partial charge in [-0.1, -0.05) is 0 Å². The average Bonchev–Trinajstić information content (AvgIpc) is 2.09. The van der Waals surface area contributed by atoms with Crippen LogP contribution in [0, 0.1) is 0 Å². The lowest BCUT2D eigenvalue weighted by Gasteiger charge is -2.04. The highest BCUT2D eigenvalue weighted by Crippen LogP contribution is 2.22. The van der Waals surface area contributed by atoms with Crippen LogP contribution in [0.1, 0.15) is 6.42 Å². The third-order valence-corrected chi connectivity index (χ3v) is 2.11. The SMILES string of the molecule is O=C1CC(S)C(=O)N1SO. The van der Waals surface area contributed by atoms with E-state index in [2.05, 4.69) is 12.6 Å². The van der Waals surface area contributed by atoms with E-state index in [0.29, 0.717) is 4.31 Å². The first kappa shape index (κ1) is 7.90. The Labute approximate surface area is 67.3 Å². The molecule has 1 heterocycles. The van der Waals surface area contributed by atoms with E-state index in [4.69, 9.17) is 4.55 Å². The number of nitrogens with zero attached hydrogens (tertiary/aromatic N) is 1. The summed E-state index contributed by atoms with van der Waals surface area (Å²) in [6.07, 6.45) is 0.0789. The maximum absolute atomic E-state index is 10.8. The van der Waals surface area contributed by atoms with E-state index in [-0.39, 0.29) is 18.6 Å². The molecule has 0 bridgehead atoms. The number of amides is 2. The Hall–Kier alpha value is -0.200. The maximum Gasteiger partial charge on any atom is 0.254 e. The molecule has 1 saturated heterocycles. The maximum atomic E-state index is 10.8. The van der Waals surface area contributed by atoms with E-state index in [1.165, 1.54) is 0 Å². The fourth-order valence-electron chi connectivity index (χ4n) is 0.680. The van der Waals surface area contributed by atoms with Gasteiger partial charge in [-0.15, -0.1) is 0 Å². The number of thiol groups is 1. The summed E-state index contributed by atoms with van der Waals surface area (Å²) < 4.78 is 9.10. The van der Waals surface area contributed by atoms with Gasteiger partial charge in [-0.2, -0.15) is 16.9 Å². The predicted octanol–water partition coefficient (Wildman–Crippen LogP) is 0.165.